The number of ether oxygens (including phenoxy) is 3. The number of nitrogens with zero attached hydrogens (tertiary/aromatic N) is 3. The van der Waals surface area contributed by atoms with Gasteiger partial charge in [0.05, 0.1) is 19.1 Å². The van der Waals surface area contributed by atoms with Gasteiger partial charge in [0.1, 0.15) is 12.3 Å². The molecule has 2 heterocycles. The van der Waals surface area contributed by atoms with Crippen LogP contribution in [-0.4, -0.2) is 48.8 Å². The summed E-state index contributed by atoms with van der Waals surface area (Å²) >= 11 is 0. The van der Waals surface area contributed by atoms with Gasteiger partial charge in [0.2, 0.25) is 5.75 Å². The van der Waals surface area contributed by atoms with Gasteiger partial charge in [-0.2, -0.15) is 18.2 Å². The SMILES string of the molecule is COc1ccccc1Oc1c(NS(=O)(=O)/C=C/c2ccccc2)nc(-c2ccc(C(F)(F)F)nc2)nc1OCCO. The number of aliphatic hydroxyl groups excluding tert-OH is 1. The summed E-state index contributed by atoms with van der Waals surface area (Å²) in [5, 5.41) is 10.3. The van der Waals surface area contributed by atoms with E-state index in [9.17, 15) is 26.7 Å². The van der Waals surface area contributed by atoms with Gasteiger partial charge in [-0.3, -0.25) is 9.71 Å². The zero-order valence-electron chi connectivity index (χ0n) is 21.4. The van der Waals surface area contributed by atoms with Gasteiger partial charge in [-0.15, -0.1) is 0 Å². The molecule has 0 atom stereocenters. The van der Waals surface area contributed by atoms with Crippen LogP contribution in [0.2, 0.25) is 0 Å². The van der Waals surface area contributed by atoms with Gasteiger partial charge in [-0.05, 0) is 35.9 Å². The Morgan fingerprint density at radius 3 is 2.32 bits per heavy atom. The number of para-hydroxylation sites is 2. The third-order valence-corrected chi connectivity index (χ3v) is 6.21. The fourth-order valence-corrected chi connectivity index (χ4v) is 4.18. The summed E-state index contributed by atoms with van der Waals surface area (Å²) in [6.07, 6.45) is -2.43. The molecule has 0 aliphatic heterocycles. The van der Waals surface area contributed by atoms with Crippen molar-refractivity contribution in [2.45, 2.75) is 6.18 Å². The van der Waals surface area contributed by atoms with E-state index in [0.717, 1.165) is 23.7 Å². The number of rotatable bonds is 11. The van der Waals surface area contributed by atoms with Crippen LogP contribution in [0, 0.1) is 0 Å². The molecular formula is C27H23F3N4O6S. The summed E-state index contributed by atoms with van der Waals surface area (Å²) in [5.41, 5.74) is -0.508. The molecule has 0 saturated heterocycles. The average molecular weight is 589 g/mol. The van der Waals surface area contributed by atoms with E-state index in [0.29, 0.717) is 5.56 Å². The second-order valence-electron chi connectivity index (χ2n) is 8.15. The second-order valence-corrected chi connectivity index (χ2v) is 9.71. The number of alkyl halides is 3. The lowest BCUT2D eigenvalue weighted by Crippen LogP contribution is -2.14. The van der Waals surface area contributed by atoms with E-state index in [1.165, 1.54) is 19.3 Å². The number of pyridine rings is 1. The molecule has 4 rings (SSSR count). The number of sulfonamides is 1. The Bertz CT molecular complexity index is 1620. The highest BCUT2D eigenvalue weighted by molar-refractivity contribution is 7.95. The summed E-state index contributed by atoms with van der Waals surface area (Å²) < 4.78 is 84.4. The Morgan fingerprint density at radius 1 is 0.976 bits per heavy atom. The molecule has 0 aliphatic carbocycles. The zero-order chi connectivity index (χ0) is 29.5. The highest BCUT2D eigenvalue weighted by Gasteiger charge is 2.32. The molecular weight excluding hydrogens is 565 g/mol. The number of methoxy groups -OCH3 is 1. The van der Waals surface area contributed by atoms with Gasteiger partial charge in [0.15, 0.2) is 23.1 Å². The molecule has 0 fully saturated rings. The van der Waals surface area contributed by atoms with Crippen molar-refractivity contribution in [2.75, 3.05) is 25.0 Å². The Morgan fingerprint density at radius 2 is 1.68 bits per heavy atom. The van der Waals surface area contributed by atoms with Crippen molar-refractivity contribution in [3.05, 3.63) is 89.6 Å². The van der Waals surface area contributed by atoms with Crippen molar-refractivity contribution < 1.29 is 40.9 Å². The van der Waals surface area contributed by atoms with Crippen LogP contribution in [0.4, 0.5) is 19.0 Å². The van der Waals surface area contributed by atoms with E-state index in [1.54, 1.807) is 48.5 Å². The van der Waals surface area contributed by atoms with Gasteiger partial charge < -0.3 is 19.3 Å². The maximum absolute atomic E-state index is 13.1. The molecule has 4 aromatic rings. The Kier molecular flexibility index (Phi) is 9.04. The van der Waals surface area contributed by atoms with E-state index in [4.69, 9.17) is 14.2 Å². The monoisotopic (exact) mass is 588 g/mol. The van der Waals surface area contributed by atoms with Crippen LogP contribution < -0.4 is 18.9 Å². The first-order valence-electron chi connectivity index (χ1n) is 11.9. The lowest BCUT2D eigenvalue weighted by molar-refractivity contribution is -0.141. The van der Waals surface area contributed by atoms with E-state index in [-0.39, 0.29) is 41.1 Å². The fourth-order valence-electron chi connectivity index (χ4n) is 3.37. The maximum Gasteiger partial charge on any atom is 0.433 e. The van der Waals surface area contributed by atoms with Crippen molar-refractivity contribution in [1.29, 1.82) is 0 Å². The topological polar surface area (TPSA) is 133 Å². The Labute approximate surface area is 233 Å². The van der Waals surface area contributed by atoms with E-state index in [1.807, 2.05) is 0 Å². The van der Waals surface area contributed by atoms with Crippen LogP contribution in [0.15, 0.2) is 78.3 Å². The predicted octanol–water partition coefficient (Wildman–Crippen LogP) is 5.14. The maximum atomic E-state index is 13.1. The summed E-state index contributed by atoms with van der Waals surface area (Å²) in [6, 6.07) is 16.9. The minimum absolute atomic E-state index is 0.0240. The van der Waals surface area contributed by atoms with Crippen molar-refractivity contribution in [3.63, 3.8) is 0 Å². The number of hydrogen-bond donors (Lipinski definition) is 2. The molecule has 0 radical (unpaired) electrons. The van der Waals surface area contributed by atoms with Crippen LogP contribution in [0.3, 0.4) is 0 Å². The number of halogens is 3. The molecule has 0 saturated carbocycles. The van der Waals surface area contributed by atoms with Crippen molar-refractivity contribution in [1.82, 2.24) is 15.0 Å². The van der Waals surface area contributed by atoms with Gasteiger partial charge in [-0.1, -0.05) is 42.5 Å². The molecule has 2 aromatic heterocycles. The number of benzene rings is 2. The second kappa shape index (κ2) is 12.7. The molecule has 0 amide bonds. The van der Waals surface area contributed by atoms with Crippen LogP contribution >= 0.6 is 0 Å². The van der Waals surface area contributed by atoms with Crippen molar-refractivity contribution in [3.8, 4) is 34.5 Å². The number of anilines is 1. The summed E-state index contributed by atoms with van der Waals surface area (Å²) in [7, 11) is -2.82. The van der Waals surface area contributed by atoms with Crippen LogP contribution in [-0.2, 0) is 16.2 Å². The van der Waals surface area contributed by atoms with Crippen LogP contribution in [0.1, 0.15) is 11.3 Å². The quantitative estimate of drug-likeness (QED) is 0.244. The van der Waals surface area contributed by atoms with Gasteiger partial charge in [-0.25, -0.2) is 13.4 Å². The Balaban J connectivity index is 1.84. The van der Waals surface area contributed by atoms with E-state index in [2.05, 4.69) is 19.7 Å². The summed E-state index contributed by atoms with van der Waals surface area (Å²) in [4.78, 5) is 11.9. The van der Waals surface area contributed by atoms with E-state index >= 15 is 0 Å². The normalized spacial score (nSPS) is 11.8. The number of aromatic nitrogens is 3. The third kappa shape index (κ3) is 7.70. The molecule has 214 valence electrons. The number of aliphatic hydroxyl groups is 1. The highest BCUT2D eigenvalue weighted by Crippen LogP contribution is 2.41. The highest BCUT2D eigenvalue weighted by atomic mass is 32.2. The van der Waals surface area contributed by atoms with E-state index < -0.39 is 34.3 Å². The van der Waals surface area contributed by atoms with Gasteiger partial charge in [0.25, 0.3) is 15.9 Å². The van der Waals surface area contributed by atoms with Crippen LogP contribution in [0.5, 0.6) is 23.1 Å². The number of nitrogens with one attached hydrogen (secondary N) is 1. The van der Waals surface area contributed by atoms with Crippen LogP contribution in [0.25, 0.3) is 17.5 Å². The summed E-state index contributed by atoms with van der Waals surface area (Å²) in [5.74, 6) is -0.781. The molecule has 0 bridgehead atoms. The average Bonchev–Trinajstić information content (AvgIpc) is 2.96. The zero-order valence-corrected chi connectivity index (χ0v) is 22.2. The largest absolute Gasteiger partial charge is 0.493 e. The fraction of sp³-hybridized carbons (Fsp3) is 0.148. The molecule has 41 heavy (non-hydrogen) atoms. The first-order chi connectivity index (χ1) is 19.6. The predicted molar refractivity (Wildman–Crippen MR) is 144 cm³/mol. The van der Waals surface area contributed by atoms with Crippen molar-refractivity contribution >= 4 is 21.9 Å². The molecule has 14 heteroatoms. The third-order valence-electron chi connectivity index (χ3n) is 5.24. The molecule has 2 N–H and O–H groups in total. The molecule has 0 spiro atoms. The minimum atomic E-state index is -4.67. The molecule has 2 aromatic carbocycles. The molecule has 10 nitrogen and oxygen atoms in total. The minimum Gasteiger partial charge on any atom is -0.493 e. The smallest absolute Gasteiger partial charge is 0.433 e. The first kappa shape index (κ1) is 29.3. The lowest BCUT2D eigenvalue weighted by Gasteiger charge is -2.17. The van der Waals surface area contributed by atoms with Gasteiger partial charge >= 0.3 is 6.18 Å². The van der Waals surface area contributed by atoms with Gasteiger partial charge in [0, 0.05) is 11.8 Å². The summed E-state index contributed by atoms with van der Waals surface area (Å²) in [6.45, 7) is -0.708. The lowest BCUT2D eigenvalue weighted by atomic mass is 10.2. The first-order valence-corrected chi connectivity index (χ1v) is 13.4. The molecule has 0 aliphatic rings. The molecule has 0 unspecified atom stereocenters. The standard InChI is InChI=1S/C27H23F3N4O6S/c1-38-20-9-5-6-10-21(20)40-23-25(34-41(36,37)16-13-18-7-3-2-4-8-18)32-24(33-26(23)39-15-14-35)19-11-12-22(31-17-19)27(28,29)30/h2-13,16-17,35H,14-15H2,1H3,(H,32,33,34)/b16-13+. The number of hydrogen-bond acceptors (Lipinski definition) is 9. The van der Waals surface area contributed by atoms with Crippen molar-refractivity contribution in [2.24, 2.45) is 0 Å². The Hall–Kier alpha value is -4.69.